The molecule has 9 heteroatoms. The number of fused-ring (bicyclic) bond motifs is 1. The molecular formula is C17H21BrN6O2. The first-order valence-electron chi connectivity index (χ1n) is 8.73. The highest BCUT2D eigenvalue weighted by Crippen LogP contribution is 2.30. The van der Waals surface area contributed by atoms with Gasteiger partial charge >= 0.3 is 6.01 Å². The van der Waals surface area contributed by atoms with E-state index in [9.17, 15) is 0 Å². The predicted molar refractivity (Wildman–Crippen MR) is 100 cm³/mol. The Hall–Kier alpha value is -2.16. The van der Waals surface area contributed by atoms with Crippen LogP contribution in [-0.4, -0.2) is 43.9 Å². The summed E-state index contributed by atoms with van der Waals surface area (Å²) in [6.45, 7) is 5.74. The number of hydrogen-bond donors (Lipinski definition) is 0. The molecule has 0 N–H and O–H groups in total. The van der Waals surface area contributed by atoms with E-state index in [1.54, 1.807) is 6.33 Å². The first-order chi connectivity index (χ1) is 12.5. The van der Waals surface area contributed by atoms with Crippen LogP contribution in [0.25, 0.3) is 11.0 Å². The van der Waals surface area contributed by atoms with E-state index in [0.717, 1.165) is 47.3 Å². The standard InChI is InChI=1S/C17H21BrN6O2/c1-10(2)15-21-17(26-22-15)24-6-4-11(5-7-24)25-16-14-13(19-9-20-16)12(18)8-23(14)3/h8-11H,4-7H2,1-3H3. The van der Waals surface area contributed by atoms with Crippen LogP contribution in [-0.2, 0) is 7.05 Å². The lowest BCUT2D eigenvalue weighted by molar-refractivity contribution is 0.163. The van der Waals surface area contributed by atoms with Gasteiger partial charge < -0.3 is 18.7 Å². The van der Waals surface area contributed by atoms with Crippen LogP contribution in [0.1, 0.15) is 38.4 Å². The van der Waals surface area contributed by atoms with Crippen LogP contribution in [0.4, 0.5) is 6.01 Å². The van der Waals surface area contributed by atoms with Gasteiger partial charge in [0.2, 0.25) is 5.88 Å². The van der Waals surface area contributed by atoms with E-state index < -0.39 is 0 Å². The number of aromatic nitrogens is 5. The molecule has 0 saturated carbocycles. The van der Waals surface area contributed by atoms with Gasteiger partial charge in [-0.2, -0.15) is 9.97 Å². The van der Waals surface area contributed by atoms with Crippen LogP contribution in [0.2, 0.25) is 0 Å². The fourth-order valence-corrected chi connectivity index (χ4v) is 3.75. The van der Waals surface area contributed by atoms with E-state index in [4.69, 9.17) is 9.26 Å². The van der Waals surface area contributed by atoms with E-state index in [1.807, 2.05) is 17.8 Å². The summed E-state index contributed by atoms with van der Waals surface area (Å²) in [5.41, 5.74) is 1.77. The molecule has 1 saturated heterocycles. The van der Waals surface area contributed by atoms with Gasteiger partial charge in [0.25, 0.3) is 0 Å². The molecule has 4 heterocycles. The van der Waals surface area contributed by atoms with Crippen molar-refractivity contribution < 1.29 is 9.26 Å². The monoisotopic (exact) mass is 420 g/mol. The van der Waals surface area contributed by atoms with E-state index in [2.05, 4.69) is 54.8 Å². The molecule has 0 aromatic carbocycles. The molecule has 4 rings (SSSR count). The number of anilines is 1. The maximum atomic E-state index is 6.20. The zero-order chi connectivity index (χ0) is 18.3. The highest BCUT2D eigenvalue weighted by Gasteiger charge is 2.26. The Morgan fingerprint density at radius 2 is 2.04 bits per heavy atom. The summed E-state index contributed by atoms with van der Waals surface area (Å²) in [4.78, 5) is 15.3. The first-order valence-corrected chi connectivity index (χ1v) is 9.53. The lowest BCUT2D eigenvalue weighted by Gasteiger charge is -2.30. The van der Waals surface area contributed by atoms with Gasteiger partial charge in [-0.15, -0.1) is 0 Å². The van der Waals surface area contributed by atoms with E-state index >= 15 is 0 Å². The minimum atomic E-state index is 0.102. The quantitative estimate of drug-likeness (QED) is 0.640. The molecule has 1 aliphatic rings. The van der Waals surface area contributed by atoms with E-state index in [-0.39, 0.29) is 12.0 Å². The summed E-state index contributed by atoms with van der Waals surface area (Å²) in [6, 6.07) is 0.600. The number of aryl methyl sites for hydroxylation is 1. The lowest BCUT2D eigenvalue weighted by Crippen LogP contribution is -2.38. The maximum Gasteiger partial charge on any atom is 0.324 e. The maximum absolute atomic E-state index is 6.20. The van der Waals surface area contributed by atoms with E-state index in [0.29, 0.717) is 11.9 Å². The van der Waals surface area contributed by atoms with Gasteiger partial charge in [-0.05, 0) is 15.9 Å². The number of halogens is 1. The summed E-state index contributed by atoms with van der Waals surface area (Å²) in [6.07, 6.45) is 5.36. The van der Waals surface area contributed by atoms with Crippen molar-refractivity contribution in [2.24, 2.45) is 7.05 Å². The van der Waals surface area contributed by atoms with E-state index in [1.165, 1.54) is 0 Å². The Kier molecular flexibility index (Phi) is 4.56. The predicted octanol–water partition coefficient (Wildman–Crippen LogP) is 3.29. The second-order valence-electron chi connectivity index (χ2n) is 6.86. The summed E-state index contributed by atoms with van der Waals surface area (Å²) in [7, 11) is 1.97. The lowest BCUT2D eigenvalue weighted by atomic mass is 10.1. The summed E-state index contributed by atoms with van der Waals surface area (Å²) < 4.78 is 14.5. The molecule has 1 aliphatic heterocycles. The SMILES string of the molecule is CC(C)c1noc(N2CCC(Oc3ncnc4c(Br)cn(C)c34)CC2)n1. The van der Waals surface area contributed by atoms with Crippen molar-refractivity contribution in [2.45, 2.75) is 38.7 Å². The van der Waals surface area contributed by atoms with Crippen LogP contribution in [0.15, 0.2) is 21.5 Å². The fourth-order valence-electron chi connectivity index (χ4n) is 3.15. The first kappa shape index (κ1) is 17.3. The largest absolute Gasteiger partial charge is 0.473 e. The Balaban J connectivity index is 1.44. The molecule has 0 atom stereocenters. The van der Waals surface area contributed by atoms with Crippen molar-refractivity contribution in [2.75, 3.05) is 18.0 Å². The van der Waals surface area contributed by atoms with Gasteiger partial charge in [0.15, 0.2) is 5.82 Å². The van der Waals surface area contributed by atoms with Crippen LogP contribution >= 0.6 is 15.9 Å². The molecule has 138 valence electrons. The minimum absolute atomic E-state index is 0.102. The molecule has 1 fully saturated rings. The molecular weight excluding hydrogens is 400 g/mol. The molecule has 3 aromatic rings. The molecule has 0 amide bonds. The van der Waals surface area contributed by atoms with Crippen molar-refractivity contribution >= 4 is 33.0 Å². The van der Waals surface area contributed by atoms with Gasteiger partial charge in [0.1, 0.15) is 23.5 Å². The molecule has 0 radical (unpaired) electrons. The second kappa shape index (κ2) is 6.86. The van der Waals surface area contributed by atoms with Gasteiger partial charge in [-0.1, -0.05) is 19.0 Å². The third kappa shape index (κ3) is 3.15. The average molecular weight is 421 g/mol. The van der Waals surface area contributed by atoms with Crippen LogP contribution < -0.4 is 9.64 Å². The van der Waals surface area contributed by atoms with Crippen molar-refractivity contribution in [1.82, 2.24) is 24.7 Å². The van der Waals surface area contributed by atoms with Crippen LogP contribution in [0.5, 0.6) is 5.88 Å². The summed E-state index contributed by atoms with van der Waals surface area (Å²) in [5, 5.41) is 4.04. The third-order valence-corrected chi connectivity index (χ3v) is 5.19. The third-order valence-electron chi connectivity index (χ3n) is 4.61. The molecule has 26 heavy (non-hydrogen) atoms. The summed E-state index contributed by atoms with van der Waals surface area (Å²) >= 11 is 3.53. The molecule has 8 nitrogen and oxygen atoms in total. The number of rotatable bonds is 4. The van der Waals surface area contributed by atoms with Crippen molar-refractivity contribution in [1.29, 1.82) is 0 Å². The molecule has 3 aromatic heterocycles. The van der Waals surface area contributed by atoms with Crippen LogP contribution in [0, 0.1) is 0 Å². The number of piperidine rings is 1. The highest BCUT2D eigenvalue weighted by molar-refractivity contribution is 9.10. The summed E-state index contributed by atoms with van der Waals surface area (Å²) in [5.74, 6) is 1.63. The number of hydrogen-bond acceptors (Lipinski definition) is 7. The Morgan fingerprint density at radius 1 is 1.27 bits per heavy atom. The zero-order valence-corrected chi connectivity index (χ0v) is 16.6. The van der Waals surface area contributed by atoms with Gasteiger partial charge in [0.05, 0.1) is 4.47 Å². The van der Waals surface area contributed by atoms with Crippen LogP contribution in [0.3, 0.4) is 0 Å². The molecule has 0 spiro atoms. The fraction of sp³-hybridized carbons (Fsp3) is 0.529. The van der Waals surface area contributed by atoms with Gasteiger partial charge in [-0.25, -0.2) is 4.98 Å². The highest BCUT2D eigenvalue weighted by atomic mass is 79.9. The van der Waals surface area contributed by atoms with Gasteiger partial charge in [-0.3, -0.25) is 0 Å². The van der Waals surface area contributed by atoms with Gasteiger partial charge in [0, 0.05) is 45.1 Å². The minimum Gasteiger partial charge on any atom is -0.473 e. The Morgan fingerprint density at radius 3 is 2.73 bits per heavy atom. The topological polar surface area (TPSA) is 82.1 Å². The molecule has 0 aliphatic carbocycles. The smallest absolute Gasteiger partial charge is 0.324 e. The number of nitrogens with zero attached hydrogens (tertiary/aromatic N) is 6. The zero-order valence-electron chi connectivity index (χ0n) is 15.0. The van der Waals surface area contributed by atoms with Crippen molar-refractivity contribution in [3.63, 3.8) is 0 Å². The Bertz CT molecular complexity index is 913. The molecule has 0 bridgehead atoms. The average Bonchev–Trinajstić information content (AvgIpc) is 3.22. The normalized spacial score (nSPS) is 16.0. The van der Waals surface area contributed by atoms with Crippen molar-refractivity contribution in [3.8, 4) is 5.88 Å². The molecule has 0 unspecified atom stereocenters. The Labute approximate surface area is 159 Å². The number of ether oxygens (including phenoxy) is 1. The second-order valence-corrected chi connectivity index (χ2v) is 7.71. The van der Waals surface area contributed by atoms with Crippen molar-refractivity contribution in [3.05, 3.63) is 22.8 Å².